The van der Waals surface area contributed by atoms with E-state index in [9.17, 15) is 14.4 Å². The molecule has 0 unspecified atom stereocenters. The van der Waals surface area contributed by atoms with Gasteiger partial charge in [0.05, 0.1) is 14.2 Å². The van der Waals surface area contributed by atoms with Crippen LogP contribution in [0.1, 0.15) is 47.0 Å². The van der Waals surface area contributed by atoms with Crippen molar-refractivity contribution in [3.05, 3.63) is 0 Å². The molecule has 8 heteroatoms. The Hall–Kier alpha value is -1.83. The lowest BCUT2D eigenvalue weighted by molar-refractivity contribution is -0.153. The van der Waals surface area contributed by atoms with E-state index >= 15 is 0 Å². The van der Waals surface area contributed by atoms with Gasteiger partial charge >= 0.3 is 18.0 Å². The molecule has 0 radical (unpaired) electrons. The molecule has 2 atom stereocenters. The molecule has 144 valence electrons. The minimum atomic E-state index is -1.08. The van der Waals surface area contributed by atoms with Crippen LogP contribution in [0, 0.1) is 0 Å². The normalized spacial score (nSPS) is 21.6. The van der Waals surface area contributed by atoms with Crippen LogP contribution in [-0.4, -0.2) is 67.4 Å². The maximum atomic E-state index is 12.5. The van der Waals surface area contributed by atoms with Gasteiger partial charge in [-0.25, -0.2) is 9.59 Å². The number of hydrogen-bond donors (Lipinski definition) is 1. The summed E-state index contributed by atoms with van der Waals surface area (Å²) in [5.74, 6) is -0.856. The smallest absolute Gasteiger partial charge is 0.411 e. The van der Waals surface area contributed by atoms with E-state index in [-0.39, 0.29) is 5.97 Å². The fraction of sp³-hybridized carbons (Fsp3) is 0.824. The zero-order valence-corrected chi connectivity index (χ0v) is 16.0. The van der Waals surface area contributed by atoms with Crippen LogP contribution in [0.15, 0.2) is 0 Å². The topological polar surface area (TPSA) is 94.2 Å². The molecule has 1 aliphatic heterocycles. The Morgan fingerprint density at radius 2 is 1.84 bits per heavy atom. The fourth-order valence-electron chi connectivity index (χ4n) is 2.98. The molecule has 1 amide bonds. The van der Waals surface area contributed by atoms with Crippen molar-refractivity contribution in [2.24, 2.45) is 0 Å². The molecular weight excluding hydrogens is 328 g/mol. The summed E-state index contributed by atoms with van der Waals surface area (Å²) in [7, 11) is 2.62. The molecule has 0 aromatic carbocycles. The molecular formula is C17H30N2O6. The molecule has 0 aromatic heterocycles. The van der Waals surface area contributed by atoms with Gasteiger partial charge in [0.15, 0.2) is 0 Å². The lowest BCUT2D eigenvalue weighted by Gasteiger charge is -2.37. The van der Waals surface area contributed by atoms with Crippen molar-refractivity contribution in [3.8, 4) is 0 Å². The van der Waals surface area contributed by atoms with Crippen LogP contribution in [0.4, 0.5) is 4.79 Å². The van der Waals surface area contributed by atoms with Gasteiger partial charge in [0, 0.05) is 6.54 Å². The van der Waals surface area contributed by atoms with Crippen molar-refractivity contribution in [3.63, 3.8) is 0 Å². The average molecular weight is 358 g/mol. The molecule has 1 aliphatic rings. The number of hydrogen-bond acceptors (Lipinski definition) is 7. The first-order valence-corrected chi connectivity index (χ1v) is 8.47. The summed E-state index contributed by atoms with van der Waals surface area (Å²) >= 11 is 0. The lowest BCUT2D eigenvalue weighted by atomic mass is 9.92. The van der Waals surface area contributed by atoms with E-state index < -0.39 is 29.2 Å². The number of nitrogens with zero attached hydrogens (tertiary/aromatic N) is 1. The maximum Gasteiger partial charge on any atom is 0.411 e. The number of carbonyl (C=O) groups is 3. The molecule has 1 rings (SSSR count). The largest absolute Gasteiger partial charge is 0.468 e. The maximum absolute atomic E-state index is 12.5. The van der Waals surface area contributed by atoms with Gasteiger partial charge in [0.2, 0.25) is 0 Å². The molecule has 0 aromatic rings. The average Bonchev–Trinajstić information content (AvgIpc) is 2.96. The van der Waals surface area contributed by atoms with Gasteiger partial charge < -0.3 is 19.5 Å². The SMILES string of the molecule is COC(=O)[C@@H](C)NCC[C@@]1(C(=O)OC)CCCN1C(=O)OC(C)(C)C. The molecule has 25 heavy (non-hydrogen) atoms. The van der Waals surface area contributed by atoms with E-state index in [0.717, 1.165) is 0 Å². The first-order chi connectivity index (χ1) is 11.6. The van der Waals surface area contributed by atoms with E-state index in [1.54, 1.807) is 27.7 Å². The number of amides is 1. The Kier molecular flexibility index (Phi) is 7.22. The summed E-state index contributed by atoms with van der Waals surface area (Å²) < 4.78 is 15.1. The van der Waals surface area contributed by atoms with E-state index in [0.29, 0.717) is 32.4 Å². The summed E-state index contributed by atoms with van der Waals surface area (Å²) in [6.07, 6.45) is 0.963. The van der Waals surface area contributed by atoms with Gasteiger partial charge in [0.25, 0.3) is 0 Å². The zero-order valence-electron chi connectivity index (χ0n) is 16.0. The second-order valence-electron chi connectivity index (χ2n) is 7.21. The van der Waals surface area contributed by atoms with E-state index in [1.807, 2.05) is 0 Å². The van der Waals surface area contributed by atoms with Crippen molar-refractivity contribution in [2.45, 2.75) is 64.1 Å². The van der Waals surface area contributed by atoms with Gasteiger partial charge in [-0.15, -0.1) is 0 Å². The molecule has 0 spiro atoms. The van der Waals surface area contributed by atoms with E-state index in [4.69, 9.17) is 9.47 Å². The summed E-state index contributed by atoms with van der Waals surface area (Å²) in [5.41, 5.74) is -1.74. The number of esters is 2. The first kappa shape index (κ1) is 21.2. The third-order valence-electron chi connectivity index (χ3n) is 4.21. The van der Waals surface area contributed by atoms with Crippen molar-refractivity contribution in [2.75, 3.05) is 27.3 Å². The van der Waals surface area contributed by atoms with E-state index in [2.05, 4.69) is 10.1 Å². The Morgan fingerprint density at radius 3 is 2.36 bits per heavy atom. The predicted octanol–water partition coefficient (Wildman–Crippen LogP) is 1.47. The Labute approximate surface area is 149 Å². The molecule has 0 aliphatic carbocycles. The minimum Gasteiger partial charge on any atom is -0.468 e. The Balaban J connectivity index is 2.88. The van der Waals surface area contributed by atoms with Gasteiger partial charge in [-0.05, 0) is 53.5 Å². The molecule has 1 saturated heterocycles. The molecule has 1 heterocycles. The highest BCUT2D eigenvalue weighted by Crippen LogP contribution is 2.35. The Morgan fingerprint density at radius 1 is 1.20 bits per heavy atom. The quantitative estimate of drug-likeness (QED) is 0.567. The second kappa shape index (κ2) is 8.51. The number of likely N-dealkylation sites (tertiary alicyclic amines) is 1. The third kappa shape index (κ3) is 5.32. The van der Waals surface area contributed by atoms with Gasteiger partial charge in [-0.2, -0.15) is 0 Å². The van der Waals surface area contributed by atoms with Crippen LogP contribution >= 0.6 is 0 Å². The van der Waals surface area contributed by atoms with Crippen LogP contribution < -0.4 is 5.32 Å². The van der Waals surface area contributed by atoms with Gasteiger partial charge in [-0.3, -0.25) is 9.69 Å². The highest BCUT2D eigenvalue weighted by atomic mass is 16.6. The van der Waals surface area contributed by atoms with Crippen LogP contribution in [-0.2, 0) is 23.8 Å². The molecule has 8 nitrogen and oxygen atoms in total. The van der Waals surface area contributed by atoms with Crippen molar-refractivity contribution >= 4 is 18.0 Å². The van der Waals surface area contributed by atoms with Crippen LogP contribution in [0.3, 0.4) is 0 Å². The molecule has 1 N–H and O–H groups in total. The standard InChI is InChI=1S/C17H30N2O6/c1-12(13(20)23-5)18-10-9-17(14(21)24-6)8-7-11-19(17)15(22)25-16(2,3)4/h12,18H,7-11H2,1-6H3/t12-,17-/m1/s1. The van der Waals surface area contributed by atoms with Crippen molar-refractivity contribution < 1.29 is 28.6 Å². The monoisotopic (exact) mass is 358 g/mol. The summed E-state index contributed by atoms with van der Waals surface area (Å²) in [5, 5.41) is 3.01. The first-order valence-electron chi connectivity index (χ1n) is 8.47. The third-order valence-corrected chi connectivity index (χ3v) is 4.21. The van der Waals surface area contributed by atoms with Crippen LogP contribution in [0.2, 0.25) is 0 Å². The van der Waals surface area contributed by atoms with Crippen LogP contribution in [0.5, 0.6) is 0 Å². The van der Waals surface area contributed by atoms with Crippen molar-refractivity contribution in [1.82, 2.24) is 10.2 Å². The Bertz CT molecular complexity index is 502. The number of rotatable bonds is 6. The van der Waals surface area contributed by atoms with Crippen molar-refractivity contribution in [1.29, 1.82) is 0 Å². The molecule has 0 bridgehead atoms. The molecule has 1 fully saturated rings. The summed E-state index contributed by atoms with van der Waals surface area (Å²) in [6.45, 7) is 7.79. The van der Waals surface area contributed by atoms with Crippen LogP contribution in [0.25, 0.3) is 0 Å². The number of methoxy groups -OCH3 is 2. The summed E-state index contributed by atoms with van der Waals surface area (Å²) in [4.78, 5) is 38.0. The number of ether oxygens (including phenoxy) is 3. The lowest BCUT2D eigenvalue weighted by Crippen LogP contribution is -2.56. The number of nitrogens with one attached hydrogen (secondary N) is 1. The van der Waals surface area contributed by atoms with E-state index in [1.165, 1.54) is 19.1 Å². The minimum absolute atomic E-state index is 0.320. The van der Waals surface area contributed by atoms with Gasteiger partial charge in [-0.1, -0.05) is 0 Å². The van der Waals surface area contributed by atoms with Gasteiger partial charge in [0.1, 0.15) is 17.2 Å². The second-order valence-corrected chi connectivity index (χ2v) is 7.21. The predicted molar refractivity (Wildman–Crippen MR) is 91.0 cm³/mol. The highest BCUT2D eigenvalue weighted by Gasteiger charge is 2.51. The molecule has 0 saturated carbocycles. The number of carbonyl (C=O) groups excluding carboxylic acids is 3. The summed E-state index contributed by atoms with van der Waals surface area (Å²) in [6, 6.07) is -0.504. The zero-order chi connectivity index (χ0) is 19.3. The fourth-order valence-corrected chi connectivity index (χ4v) is 2.98. The highest BCUT2D eigenvalue weighted by molar-refractivity contribution is 5.86.